The SMILES string of the molecule is COC(=O)c1cccc(C23CCC(=O)C(C)=C2CCC[C@@H]3O)c1. The number of carbonyl (C=O) groups excluding carboxylic acids is 2. The Bertz CT molecular complexity index is 688. The lowest BCUT2D eigenvalue weighted by atomic mass is 9.58. The molecule has 4 heteroatoms. The van der Waals surface area contributed by atoms with Gasteiger partial charge in [-0.25, -0.2) is 4.79 Å². The third kappa shape index (κ3) is 2.41. The maximum absolute atomic E-state index is 12.1. The number of esters is 1. The van der Waals surface area contributed by atoms with Crippen LogP contribution in [0.2, 0.25) is 0 Å². The molecule has 3 rings (SSSR count). The lowest BCUT2D eigenvalue weighted by molar-refractivity contribution is -0.117. The minimum atomic E-state index is -0.541. The number of ether oxygens (including phenoxy) is 1. The predicted molar refractivity (Wildman–Crippen MR) is 86.3 cm³/mol. The van der Waals surface area contributed by atoms with E-state index in [0.717, 1.165) is 29.6 Å². The highest BCUT2D eigenvalue weighted by Crippen LogP contribution is 2.50. The topological polar surface area (TPSA) is 63.6 Å². The zero-order valence-electron chi connectivity index (χ0n) is 13.6. The molecule has 1 fully saturated rings. The molecule has 0 amide bonds. The molecule has 2 aliphatic carbocycles. The highest BCUT2D eigenvalue weighted by molar-refractivity contribution is 5.97. The first-order valence-corrected chi connectivity index (χ1v) is 8.11. The maximum atomic E-state index is 12.1. The van der Waals surface area contributed by atoms with Gasteiger partial charge in [-0.1, -0.05) is 17.7 Å². The molecule has 0 bridgehead atoms. The molecule has 0 heterocycles. The number of hydrogen-bond donors (Lipinski definition) is 1. The van der Waals surface area contributed by atoms with Gasteiger partial charge in [0.05, 0.1) is 18.8 Å². The summed E-state index contributed by atoms with van der Waals surface area (Å²) in [7, 11) is 1.36. The number of benzene rings is 1. The van der Waals surface area contributed by atoms with Crippen molar-refractivity contribution in [1.29, 1.82) is 0 Å². The van der Waals surface area contributed by atoms with Crippen LogP contribution in [0.5, 0.6) is 0 Å². The van der Waals surface area contributed by atoms with Crippen LogP contribution in [0.3, 0.4) is 0 Å². The largest absolute Gasteiger partial charge is 0.465 e. The van der Waals surface area contributed by atoms with Crippen molar-refractivity contribution in [2.45, 2.75) is 50.5 Å². The van der Waals surface area contributed by atoms with Crippen LogP contribution in [0.4, 0.5) is 0 Å². The van der Waals surface area contributed by atoms with E-state index in [4.69, 9.17) is 4.74 Å². The van der Waals surface area contributed by atoms with E-state index >= 15 is 0 Å². The Balaban J connectivity index is 2.18. The first-order valence-electron chi connectivity index (χ1n) is 8.11. The summed E-state index contributed by atoms with van der Waals surface area (Å²) in [5.41, 5.74) is 2.69. The third-order valence-corrected chi connectivity index (χ3v) is 5.43. The van der Waals surface area contributed by atoms with Gasteiger partial charge in [0.15, 0.2) is 5.78 Å². The molecule has 2 aliphatic rings. The van der Waals surface area contributed by atoms with Crippen LogP contribution in [0.15, 0.2) is 35.4 Å². The second-order valence-electron chi connectivity index (χ2n) is 6.48. The van der Waals surface area contributed by atoms with Crippen molar-refractivity contribution in [1.82, 2.24) is 0 Å². The fourth-order valence-corrected chi connectivity index (χ4v) is 4.20. The Labute approximate surface area is 136 Å². The molecule has 0 spiro atoms. The standard InChI is InChI=1S/C19H22O4/c1-12-15-7-4-8-17(21)19(15,10-9-16(12)20)14-6-3-5-13(11-14)18(22)23-2/h3,5-6,11,17,21H,4,7-10H2,1-2H3/t17-,19?/m0/s1. The molecule has 1 aromatic rings. The van der Waals surface area contributed by atoms with E-state index in [2.05, 4.69) is 0 Å². The number of rotatable bonds is 2. The van der Waals surface area contributed by atoms with E-state index in [1.807, 2.05) is 25.1 Å². The molecule has 23 heavy (non-hydrogen) atoms. The van der Waals surface area contributed by atoms with E-state index < -0.39 is 11.5 Å². The van der Waals surface area contributed by atoms with Gasteiger partial charge in [0, 0.05) is 11.8 Å². The van der Waals surface area contributed by atoms with E-state index in [1.165, 1.54) is 7.11 Å². The zero-order valence-corrected chi connectivity index (χ0v) is 13.6. The lowest BCUT2D eigenvalue weighted by Gasteiger charge is -2.47. The number of ketones is 1. The van der Waals surface area contributed by atoms with Crippen LogP contribution in [-0.4, -0.2) is 30.1 Å². The average molecular weight is 314 g/mol. The molecule has 0 radical (unpaired) electrons. The molecule has 2 atom stereocenters. The zero-order chi connectivity index (χ0) is 16.6. The van der Waals surface area contributed by atoms with Gasteiger partial charge in [-0.2, -0.15) is 0 Å². The number of aliphatic hydroxyl groups excluding tert-OH is 1. The highest BCUT2D eigenvalue weighted by Gasteiger charge is 2.48. The van der Waals surface area contributed by atoms with Gasteiger partial charge in [-0.3, -0.25) is 4.79 Å². The summed E-state index contributed by atoms with van der Waals surface area (Å²) in [5.74, 6) is -0.212. The van der Waals surface area contributed by atoms with Crippen LogP contribution >= 0.6 is 0 Å². The highest BCUT2D eigenvalue weighted by atomic mass is 16.5. The number of hydrogen-bond acceptors (Lipinski definition) is 4. The molecule has 1 saturated carbocycles. The quantitative estimate of drug-likeness (QED) is 0.853. The third-order valence-electron chi connectivity index (χ3n) is 5.43. The number of fused-ring (bicyclic) bond motifs is 1. The van der Waals surface area contributed by atoms with Gasteiger partial charge in [0.2, 0.25) is 0 Å². The van der Waals surface area contributed by atoms with Crippen LogP contribution in [0, 0.1) is 0 Å². The number of allylic oxidation sites excluding steroid dienone is 1. The van der Waals surface area contributed by atoms with Crippen molar-refractivity contribution in [3.8, 4) is 0 Å². The Morgan fingerprint density at radius 3 is 2.87 bits per heavy atom. The second kappa shape index (κ2) is 5.93. The van der Waals surface area contributed by atoms with Gasteiger partial charge in [-0.15, -0.1) is 0 Å². The molecule has 0 aliphatic heterocycles. The summed E-state index contributed by atoms with van der Waals surface area (Å²) in [4.78, 5) is 24.0. The molecular weight excluding hydrogens is 292 g/mol. The van der Waals surface area contributed by atoms with Gasteiger partial charge in [0.25, 0.3) is 0 Å². The van der Waals surface area contributed by atoms with Crippen molar-refractivity contribution in [2.75, 3.05) is 7.11 Å². The summed E-state index contributed by atoms with van der Waals surface area (Å²) < 4.78 is 4.81. The Morgan fingerprint density at radius 1 is 1.35 bits per heavy atom. The van der Waals surface area contributed by atoms with Gasteiger partial charge in [0.1, 0.15) is 0 Å². The van der Waals surface area contributed by atoms with Crippen molar-refractivity contribution in [3.63, 3.8) is 0 Å². The minimum absolute atomic E-state index is 0.175. The van der Waals surface area contributed by atoms with E-state index in [9.17, 15) is 14.7 Å². The van der Waals surface area contributed by atoms with Gasteiger partial charge in [-0.05, 0) is 55.9 Å². The molecule has 0 saturated heterocycles. The fourth-order valence-electron chi connectivity index (χ4n) is 4.20. The second-order valence-corrected chi connectivity index (χ2v) is 6.48. The summed E-state index contributed by atoms with van der Waals surface area (Å²) in [6.07, 6.45) is 2.95. The number of carbonyl (C=O) groups is 2. The summed E-state index contributed by atoms with van der Waals surface area (Å²) >= 11 is 0. The first-order chi connectivity index (χ1) is 11.0. The normalized spacial score (nSPS) is 27.6. The Kier molecular flexibility index (Phi) is 4.11. The van der Waals surface area contributed by atoms with Gasteiger partial charge >= 0.3 is 5.97 Å². The monoisotopic (exact) mass is 314 g/mol. The Hall–Kier alpha value is -1.94. The molecule has 1 unspecified atom stereocenters. The molecule has 0 aromatic heterocycles. The fraction of sp³-hybridized carbons (Fsp3) is 0.474. The van der Waals surface area contributed by atoms with Crippen LogP contribution in [0.25, 0.3) is 0 Å². The van der Waals surface area contributed by atoms with Crippen molar-refractivity contribution >= 4 is 11.8 Å². The summed E-state index contributed by atoms with van der Waals surface area (Å²) in [6.45, 7) is 1.87. The predicted octanol–water partition coefficient (Wildman–Crippen LogP) is 2.94. The Morgan fingerprint density at radius 2 is 2.13 bits per heavy atom. The van der Waals surface area contributed by atoms with Crippen molar-refractivity contribution in [3.05, 3.63) is 46.5 Å². The maximum Gasteiger partial charge on any atom is 0.337 e. The molecular formula is C19H22O4. The minimum Gasteiger partial charge on any atom is -0.465 e. The number of Topliss-reactive ketones (excluding diaryl/α,β-unsaturated/α-hetero) is 1. The summed E-state index contributed by atoms with van der Waals surface area (Å²) in [6, 6.07) is 7.29. The van der Waals surface area contributed by atoms with Crippen LogP contribution < -0.4 is 0 Å². The van der Waals surface area contributed by atoms with Crippen LogP contribution in [0.1, 0.15) is 54.9 Å². The van der Waals surface area contributed by atoms with E-state index in [-0.39, 0.29) is 11.8 Å². The number of methoxy groups -OCH3 is 1. The van der Waals surface area contributed by atoms with E-state index in [1.54, 1.807) is 6.07 Å². The van der Waals surface area contributed by atoms with Crippen LogP contribution in [-0.2, 0) is 14.9 Å². The smallest absolute Gasteiger partial charge is 0.337 e. The van der Waals surface area contributed by atoms with Gasteiger partial charge < -0.3 is 9.84 Å². The number of aliphatic hydroxyl groups is 1. The lowest BCUT2D eigenvalue weighted by Crippen LogP contribution is -2.47. The molecule has 122 valence electrons. The molecule has 1 N–H and O–H groups in total. The average Bonchev–Trinajstić information content (AvgIpc) is 2.58. The summed E-state index contributed by atoms with van der Waals surface area (Å²) in [5, 5.41) is 10.8. The molecule has 1 aromatic carbocycles. The van der Waals surface area contributed by atoms with E-state index in [0.29, 0.717) is 24.8 Å². The first kappa shape index (κ1) is 15.9. The van der Waals surface area contributed by atoms with Crippen molar-refractivity contribution in [2.24, 2.45) is 0 Å². The van der Waals surface area contributed by atoms with Crippen molar-refractivity contribution < 1.29 is 19.4 Å². The molecule has 4 nitrogen and oxygen atoms in total.